The topological polar surface area (TPSA) is 53.4 Å². The summed E-state index contributed by atoms with van der Waals surface area (Å²) in [5.41, 5.74) is -0.377. The highest BCUT2D eigenvalue weighted by molar-refractivity contribution is 5.68. The van der Waals surface area contributed by atoms with Crippen LogP contribution in [0.1, 0.15) is 56.1 Å². The summed E-state index contributed by atoms with van der Waals surface area (Å²) in [5.74, 6) is 5.66. The Morgan fingerprint density at radius 3 is 2.21 bits per heavy atom. The van der Waals surface area contributed by atoms with Gasteiger partial charge < -0.3 is 5.11 Å². The molecule has 1 atom stereocenters. The molecule has 1 aromatic heterocycles. The van der Waals surface area contributed by atoms with Crippen LogP contribution in [0.2, 0.25) is 0 Å². The molecule has 0 spiro atoms. The van der Waals surface area contributed by atoms with Crippen LogP contribution in [-0.2, 0) is 6.18 Å². The third kappa shape index (κ3) is 4.63. The summed E-state index contributed by atoms with van der Waals surface area (Å²) in [6.45, 7) is 6.79. The Labute approximate surface area is 162 Å². The zero-order valence-corrected chi connectivity index (χ0v) is 16.0. The highest BCUT2D eigenvalue weighted by atomic mass is 19.4. The van der Waals surface area contributed by atoms with Crippen molar-refractivity contribution in [2.75, 3.05) is 0 Å². The van der Waals surface area contributed by atoms with Crippen LogP contribution in [0.25, 0.3) is 0 Å². The van der Waals surface area contributed by atoms with Crippen LogP contribution in [0.15, 0.2) is 42.6 Å². The number of hydrogen-bond donors (Lipinski definition) is 1. The SMILES string of the molecule is CC#Cc1cccnc1[C@H](c1ccc(C(F)(F)F)cc1)N(C(=O)O)C(C)(C)C. The molecule has 0 bridgehead atoms. The van der Waals surface area contributed by atoms with Crippen molar-refractivity contribution < 1.29 is 23.1 Å². The maximum atomic E-state index is 12.9. The first kappa shape index (κ1) is 21.3. The number of alkyl halides is 3. The van der Waals surface area contributed by atoms with Crippen molar-refractivity contribution in [1.82, 2.24) is 9.88 Å². The number of amides is 1. The van der Waals surface area contributed by atoms with E-state index in [1.807, 2.05) is 0 Å². The molecule has 0 radical (unpaired) electrons. The minimum atomic E-state index is -4.48. The molecule has 2 rings (SSSR count). The molecule has 1 aromatic carbocycles. The van der Waals surface area contributed by atoms with Crippen molar-refractivity contribution >= 4 is 6.09 Å². The van der Waals surface area contributed by atoms with E-state index in [4.69, 9.17) is 0 Å². The van der Waals surface area contributed by atoms with Gasteiger partial charge in [-0.2, -0.15) is 13.2 Å². The minimum Gasteiger partial charge on any atom is -0.465 e. The van der Waals surface area contributed by atoms with Crippen LogP contribution in [0.5, 0.6) is 0 Å². The minimum absolute atomic E-state index is 0.369. The summed E-state index contributed by atoms with van der Waals surface area (Å²) in [7, 11) is 0. The lowest BCUT2D eigenvalue weighted by atomic mass is 9.93. The predicted molar refractivity (Wildman–Crippen MR) is 99.7 cm³/mol. The second-order valence-electron chi connectivity index (χ2n) is 7.16. The number of carboxylic acid groups (broad SMARTS) is 1. The van der Waals surface area contributed by atoms with E-state index in [9.17, 15) is 23.1 Å². The van der Waals surface area contributed by atoms with E-state index < -0.39 is 29.4 Å². The standard InChI is InChI=1S/C21H21F3N2O2/c1-5-7-14-8-6-13-25-17(14)18(26(19(27)28)20(2,3)4)15-9-11-16(12-10-15)21(22,23)24/h6,8-13,18H,1-4H3,(H,27,28)/t18-/m0/s1. The smallest absolute Gasteiger partial charge is 0.416 e. The van der Waals surface area contributed by atoms with Gasteiger partial charge in [-0.25, -0.2) is 4.79 Å². The van der Waals surface area contributed by atoms with Crippen LogP contribution >= 0.6 is 0 Å². The molecule has 1 N–H and O–H groups in total. The fourth-order valence-electron chi connectivity index (χ4n) is 2.94. The number of carbonyl (C=O) groups is 1. The number of benzene rings is 1. The monoisotopic (exact) mass is 390 g/mol. The summed E-state index contributed by atoms with van der Waals surface area (Å²) in [5, 5.41) is 9.89. The number of rotatable bonds is 3. The van der Waals surface area contributed by atoms with E-state index in [0.29, 0.717) is 16.8 Å². The molecule has 2 aromatic rings. The van der Waals surface area contributed by atoms with E-state index in [-0.39, 0.29) is 0 Å². The number of pyridine rings is 1. The Morgan fingerprint density at radius 2 is 1.75 bits per heavy atom. The van der Waals surface area contributed by atoms with Crippen molar-refractivity contribution in [1.29, 1.82) is 0 Å². The molecule has 28 heavy (non-hydrogen) atoms. The van der Waals surface area contributed by atoms with Gasteiger partial charge in [0, 0.05) is 17.3 Å². The second-order valence-corrected chi connectivity index (χ2v) is 7.16. The van der Waals surface area contributed by atoms with Gasteiger partial charge in [0.1, 0.15) is 6.04 Å². The van der Waals surface area contributed by atoms with Gasteiger partial charge in [-0.15, -0.1) is 5.92 Å². The number of hydrogen-bond acceptors (Lipinski definition) is 2. The molecule has 0 saturated carbocycles. The second kappa shape index (κ2) is 7.93. The third-order valence-corrected chi connectivity index (χ3v) is 4.10. The Hall–Kier alpha value is -3.01. The maximum absolute atomic E-state index is 12.9. The van der Waals surface area contributed by atoms with Gasteiger partial charge in [-0.3, -0.25) is 9.88 Å². The van der Waals surface area contributed by atoms with Crippen molar-refractivity contribution in [2.45, 2.75) is 45.5 Å². The molecule has 0 aliphatic rings. The van der Waals surface area contributed by atoms with Crippen LogP contribution in [0.3, 0.4) is 0 Å². The average Bonchev–Trinajstić information content (AvgIpc) is 2.58. The van der Waals surface area contributed by atoms with Crippen molar-refractivity contribution in [3.63, 3.8) is 0 Å². The van der Waals surface area contributed by atoms with E-state index in [1.165, 1.54) is 23.2 Å². The largest absolute Gasteiger partial charge is 0.465 e. The Balaban J connectivity index is 2.73. The molecule has 148 valence electrons. The highest BCUT2D eigenvalue weighted by Crippen LogP contribution is 2.36. The quantitative estimate of drug-likeness (QED) is 0.720. The van der Waals surface area contributed by atoms with Crippen LogP contribution in [-0.4, -0.2) is 26.6 Å². The summed E-state index contributed by atoms with van der Waals surface area (Å²) in [6, 6.07) is 6.92. The van der Waals surface area contributed by atoms with Gasteiger partial charge in [-0.1, -0.05) is 18.1 Å². The molecule has 0 fully saturated rings. The van der Waals surface area contributed by atoms with Gasteiger partial charge in [-0.05, 0) is 57.5 Å². The zero-order valence-electron chi connectivity index (χ0n) is 16.0. The molecule has 1 heterocycles. The Kier molecular flexibility index (Phi) is 6.03. The third-order valence-electron chi connectivity index (χ3n) is 4.10. The average molecular weight is 390 g/mol. The zero-order chi connectivity index (χ0) is 21.1. The lowest BCUT2D eigenvalue weighted by Crippen LogP contribution is -2.48. The van der Waals surface area contributed by atoms with Gasteiger partial charge >= 0.3 is 12.3 Å². The highest BCUT2D eigenvalue weighted by Gasteiger charge is 2.38. The maximum Gasteiger partial charge on any atom is 0.416 e. The van der Waals surface area contributed by atoms with Gasteiger partial charge in [0.05, 0.1) is 11.3 Å². The molecule has 0 aliphatic carbocycles. The normalized spacial score (nSPS) is 12.7. The summed E-state index contributed by atoms with van der Waals surface area (Å²) >= 11 is 0. The summed E-state index contributed by atoms with van der Waals surface area (Å²) < 4.78 is 38.8. The van der Waals surface area contributed by atoms with E-state index >= 15 is 0 Å². The summed E-state index contributed by atoms with van der Waals surface area (Å²) in [4.78, 5) is 17.6. The lowest BCUT2D eigenvalue weighted by molar-refractivity contribution is -0.137. The van der Waals surface area contributed by atoms with E-state index in [2.05, 4.69) is 16.8 Å². The fourth-order valence-corrected chi connectivity index (χ4v) is 2.94. The number of halogens is 3. The first-order chi connectivity index (χ1) is 13.0. The number of nitrogens with zero attached hydrogens (tertiary/aromatic N) is 2. The van der Waals surface area contributed by atoms with Crippen LogP contribution in [0.4, 0.5) is 18.0 Å². The van der Waals surface area contributed by atoms with Crippen LogP contribution < -0.4 is 0 Å². The molecule has 4 nitrogen and oxygen atoms in total. The Morgan fingerprint density at radius 1 is 1.14 bits per heavy atom. The molecule has 0 aliphatic heterocycles. The molecular formula is C21H21F3N2O2. The first-order valence-electron chi connectivity index (χ1n) is 8.54. The van der Waals surface area contributed by atoms with Crippen LogP contribution in [0, 0.1) is 11.8 Å². The predicted octanol–water partition coefficient (Wildman–Crippen LogP) is 5.34. The first-order valence-corrected chi connectivity index (χ1v) is 8.54. The van der Waals surface area contributed by atoms with Crippen molar-refractivity contribution in [3.8, 4) is 11.8 Å². The molecule has 0 saturated heterocycles. The molecule has 1 amide bonds. The van der Waals surface area contributed by atoms with Gasteiger partial charge in [0.15, 0.2) is 0 Å². The van der Waals surface area contributed by atoms with Gasteiger partial charge in [0.2, 0.25) is 0 Å². The van der Waals surface area contributed by atoms with E-state index in [0.717, 1.165) is 12.1 Å². The molecular weight excluding hydrogens is 369 g/mol. The molecule has 0 unspecified atom stereocenters. The fraction of sp³-hybridized carbons (Fsp3) is 0.333. The number of aromatic nitrogens is 1. The van der Waals surface area contributed by atoms with Crippen molar-refractivity contribution in [2.24, 2.45) is 0 Å². The molecule has 7 heteroatoms. The summed E-state index contributed by atoms with van der Waals surface area (Å²) in [6.07, 6.45) is -4.18. The van der Waals surface area contributed by atoms with Crippen molar-refractivity contribution in [3.05, 3.63) is 65.0 Å². The van der Waals surface area contributed by atoms with Gasteiger partial charge in [0.25, 0.3) is 0 Å². The van der Waals surface area contributed by atoms with E-state index in [1.54, 1.807) is 39.8 Å². The Bertz CT molecular complexity index is 904. The lowest BCUT2D eigenvalue weighted by Gasteiger charge is -2.40.